The second-order valence-electron chi connectivity index (χ2n) is 8.24. The molecule has 4 atom stereocenters. The van der Waals surface area contributed by atoms with Crippen LogP contribution in [0.15, 0.2) is 91.0 Å². The van der Waals surface area contributed by atoms with Crippen molar-refractivity contribution in [3.8, 4) is 0 Å². The quantitative estimate of drug-likeness (QED) is 0.520. The van der Waals surface area contributed by atoms with Crippen LogP contribution in [0.1, 0.15) is 11.1 Å². The van der Waals surface area contributed by atoms with Gasteiger partial charge in [-0.3, -0.25) is 19.3 Å². The molecule has 3 aromatic carbocycles. The first-order valence-electron chi connectivity index (χ1n) is 10.9. The van der Waals surface area contributed by atoms with Crippen LogP contribution in [0.25, 0.3) is 0 Å². The number of carbonyl (C=O) groups excluding carboxylic acids is 3. The number of benzene rings is 3. The molecule has 34 heavy (non-hydrogen) atoms. The third-order valence-electron chi connectivity index (χ3n) is 6.68. The maximum Gasteiger partial charge on any atom is 0.313 e. The van der Waals surface area contributed by atoms with Crippen LogP contribution >= 0.6 is 11.8 Å². The molecule has 2 bridgehead atoms. The van der Waals surface area contributed by atoms with Crippen molar-refractivity contribution < 1.29 is 23.9 Å². The number of hydrogen-bond acceptors (Lipinski definition) is 6. The molecule has 0 radical (unpaired) electrons. The highest BCUT2D eigenvalue weighted by atomic mass is 32.2. The number of esters is 2. The number of rotatable bonds is 5. The monoisotopic (exact) mass is 473 g/mol. The number of ether oxygens (including phenoxy) is 2. The summed E-state index contributed by atoms with van der Waals surface area (Å²) in [6.07, 6.45) is 0. The van der Waals surface area contributed by atoms with Crippen molar-refractivity contribution in [1.29, 1.82) is 0 Å². The Kier molecular flexibility index (Phi) is 5.44. The number of nitrogens with zero attached hydrogens (tertiary/aromatic N) is 1. The molecule has 172 valence electrons. The molecule has 2 saturated heterocycles. The molecule has 2 aliphatic rings. The molecule has 1 amide bonds. The Morgan fingerprint density at radius 2 is 1.21 bits per heavy atom. The predicted octanol–water partition coefficient (Wildman–Crippen LogP) is 4.11. The highest BCUT2D eigenvalue weighted by Gasteiger charge is 2.80. The molecule has 0 N–H and O–H groups in total. The summed E-state index contributed by atoms with van der Waals surface area (Å²) in [6, 6.07) is 27.7. The minimum atomic E-state index is -1.38. The smallest absolute Gasteiger partial charge is 0.313 e. The lowest BCUT2D eigenvalue weighted by atomic mass is 9.68. The van der Waals surface area contributed by atoms with Crippen LogP contribution in [0.2, 0.25) is 0 Å². The molecule has 0 aliphatic carbocycles. The largest absolute Gasteiger partial charge is 0.469 e. The zero-order valence-corrected chi connectivity index (χ0v) is 19.5. The van der Waals surface area contributed by atoms with Gasteiger partial charge in [0.05, 0.1) is 14.2 Å². The van der Waals surface area contributed by atoms with E-state index in [4.69, 9.17) is 9.47 Å². The van der Waals surface area contributed by atoms with E-state index in [9.17, 15) is 14.4 Å². The van der Waals surface area contributed by atoms with Gasteiger partial charge in [0.15, 0.2) is 0 Å². The van der Waals surface area contributed by atoms with E-state index in [1.165, 1.54) is 26.0 Å². The summed E-state index contributed by atoms with van der Waals surface area (Å²) in [4.78, 5) is 41.8. The summed E-state index contributed by atoms with van der Waals surface area (Å²) in [5, 5.41) is 0. The SMILES string of the molecule is COC(=O)[C@H]1[C@H](C(=O)OC)[C@@]2(c3ccccc3)S[C@@]1(c1ccccc1)C(=O)N2c1ccccc1. The fourth-order valence-corrected chi connectivity index (χ4v) is 7.52. The third kappa shape index (κ3) is 2.86. The van der Waals surface area contributed by atoms with Gasteiger partial charge in [-0.2, -0.15) is 0 Å². The first-order valence-corrected chi connectivity index (χ1v) is 11.7. The van der Waals surface area contributed by atoms with Crippen molar-refractivity contribution in [3.63, 3.8) is 0 Å². The van der Waals surface area contributed by atoms with E-state index < -0.39 is 33.4 Å². The van der Waals surface area contributed by atoms with Crippen molar-refractivity contribution >= 4 is 35.3 Å². The average molecular weight is 474 g/mol. The van der Waals surface area contributed by atoms with Crippen LogP contribution in [0.5, 0.6) is 0 Å². The molecule has 7 heteroatoms. The fourth-order valence-electron chi connectivity index (χ4n) is 5.34. The van der Waals surface area contributed by atoms with E-state index in [2.05, 4.69) is 0 Å². The third-order valence-corrected chi connectivity index (χ3v) is 8.65. The lowest BCUT2D eigenvalue weighted by Crippen LogP contribution is -2.61. The molecule has 0 spiro atoms. The van der Waals surface area contributed by atoms with E-state index >= 15 is 0 Å². The normalized spacial score (nSPS) is 27.5. The zero-order chi connectivity index (χ0) is 23.9. The van der Waals surface area contributed by atoms with Crippen LogP contribution in [0.3, 0.4) is 0 Å². The first kappa shape index (κ1) is 22.2. The van der Waals surface area contributed by atoms with Crippen LogP contribution in [-0.2, 0) is 33.5 Å². The number of piperidine rings is 1. The maximum atomic E-state index is 14.5. The summed E-state index contributed by atoms with van der Waals surface area (Å²) in [5.41, 5.74) is 2.02. The molecule has 2 aliphatic heterocycles. The lowest BCUT2D eigenvalue weighted by Gasteiger charge is -2.45. The van der Waals surface area contributed by atoms with Gasteiger partial charge >= 0.3 is 11.9 Å². The number of methoxy groups -OCH3 is 2. The molecule has 2 heterocycles. The maximum absolute atomic E-state index is 14.5. The molecular formula is C27H23NO5S. The Bertz CT molecular complexity index is 1240. The zero-order valence-electron chi connectivity index (χ0n) is 18.7. The predicted molar refractivity (Wildman–Crippen MR) is 129 cm³/mol. The van der Waals surface area contributed by atoms with Crippen LogP contribution in [0.4, 0.5) is 5.69 Å². The van der Waals surface area contributed by atoms with Gasteiger partial charge in [0, 0.05) is 5.69 Å². The van der Waals surface area contributed by atoms with Crippen molar-refractivity contribution in [2.45, 2.75) is 9.62 Å². The highest BCUT2D eigenvalue weighted by molar-refractivity contribution is 8.03. The van der Waals surface area contributed by atoms with Crippen molar-refractivity contribution in [2.24, 2.45) is 11.8 Å². The molecule has 6 nitrogen and oxygen atoms in total. The van der Waals surface area contributed by atoms with Gasteiger partial charge in [0.25, 0.3) is 0 Å². The van der Waals surface area contributed by atoms with E-state index in [0.29, 0.717) is 11.3 Å². The molecule has 2 fully saturated rings. The Labute approximate surface area is 201 Å². The van der Waals surface area contributed by atoms with Gasteiger partial charge < -0.3 is 9.47 Å². The Morgan fingerprint density at radius 3 is 1.74 bits per heavy atom. The van der Waals surface area contributed by atoms with Gasteiger partial charge in [0.1, 0.15) is 21.5 Å². The summed E-state index contributed by atoms with van der Waals surface area (Å²) >= 11 is 1.32. The van der Waals surface area contributed by atoms with Crippen LogP contribution in [-0.4, -0.2) is 32.1 Å². The number of para-hydroxylation sites is 1. The number of thioether (sulfide) groups is 1. The Morgan fingerprint density at radius 1 is 0.735 bits per heavy atom. The Hall–Kier alpha value is -3.58. The van der Waals surface area contributed by atoms with Gasteiger partial charge in [-0.25, -0.2) is 0 Å². The van der Waals surface area contributed by atoms with Gasteiger partial charge in [0.2, 0.25) is 5.91 Å². The van der Waals surface area contributed by atoms with Crippen LogP contribution in [0, 0.1) is 11.8 Å². The number of carbonyl (C=O) groups is 3. The number of amides is 1. The minimum absolute atomic E-state index is 0.269. The Balaban J connectivity index is 1.89. The second kappa shape index (κ2) is 8.33. The average Bonchev–Trinajstić information content (AvgIpc) is 3.37. The van der Waals surface area contributed by atoms with Gasteiger partial charge in [-0.05, 0) is 23.3 Å². The van der Waals surface area contributed by atoms with Crippen LogP contribution < -0.4 is 4.90 Å². The first-order chi connectivity index (χ1) is 16.5. The topological polar surface area (TPSA) is 72.9 Å². The molecule has 3 aromatic rings. The minimum Gasteiger partial charge on any atom is -0.469 e. The number of anilines is 1. The second-order valence-corrected chi connectivity index (χ2v) is 9.71. The van der Waals surface area contributed by atoms with Crippen molar-refractivity contribution in [3.05, 3.63) is 102 Å². The number of fused-ring (bicyclic) bond motifs is 2. The fraction of sp³-hybridized carbons (Fsp3) is 0.222. The van der Waals surface area contributed by atoms with E-state index in [1.807, 2.05) is 91.0 Å². The molecule has 0 saturated carbocycles. The summed E-state index contributed by atoms with van der Waals surface area (Å²) in [6.45, 7) is 0. The standard InChI is InChI=1S/C27H23NO5S/c1-32-23(29)21-22(24(30)33-2)27(19-14-8-4-9-15-19)28(20-16-10-5-11-17-20)25(31)26(21,34-27)18-12-6-3-7-13-18/h3-17,21-22H,1-2H3/t21-,22-,26-,27-/m1/s1. The highest BCUT2D eigenvalue weighted by Crippen LogP contribution is 2.74. The summed E-state index contributed by atoms with van der Waals surface area (Å²) in [7, 11) is 2.58. The summed E-state index contributed by atoms with van der Waals surface area (Å²) in [5.74, 6) is -3.54. The number of hydrogen-bond donors (Lipinski definition) is 0. The van der Waals surface area contributed by atoms with E-state index in [-0.39, 0.29) is 5.91 Å². The molecule has 0 unspecified atom stereocenters. The molecule has 0 aromatic heterocycles. The van der Waals surface area contributed by atoms with Gasteiger partial charge in [-0.15, -0.1) is 11.8 Å². The summed E-state index contributed by atoms with van der Waals surface area (Å²) < 4.78 is 9.08. The van der Waals surface area contributed by atoms with E-state index in [0.717, 1.165) is 5.56 Å². The van der Waals surface area contributed by atoms with Crippen molar-refractivity contribution in [1.82, 2.24) is 0 Å². The molecule has 5 rings (SSSR count). The lowest BCUT2D eigenvalue weighted by molar-refractivity contribution is -0.163. The van der Waals surface area contributed by atoms with E-state index in [1.54, 1.807) is 4.90 Å². The van der Waals surface area contributed by atoms with Crippen molar-refractivity contribution in [2.75, 3.05) is 19.1 Å². The molecular weight excluding hydrogens is 450 g/mol. The van der Waals surface area contributed by atoms with Gasteiger partial charge in [-0.1, -0.05) is 78.9 Å².